The Balaban J connectivity index is 2.04. The number of nitro groups is 1. The van der Waals surface area contributed by atoms with Crippen molar-refractivity contribution < 1.29 is 24.0 Å². The maximum absolute atomic E-state index is 12.3. The molecular formula is C20H17NO6S2. The van der Waals surface area contributed by atoms with Crippen LogP contribution in [0.15, 0.2) is 64.4 Å². The molecule has 0 radical (unpaired) electrons. The number of carbonyl (C=O) groups is 2. The molecule has 0 saturated heterocycles. The number of thioether (sulfide) groups is 2. The van der Waals surface area contributed by atoms with Crippen LogP contribution in [-0.4, -0.2) is 31.1 Å². The first-order chi connectivity index (χ1) is 13.9. The Morgan fingerprint density at radius 2 is 1.45 bits per heavy atom. The molecule has 1 aliphatic rings. The van der Waals surface area contributed by atoms with Crippen LogP contribution in [0, 0.1) is 10.1 Å². The highest BCUT2D eigenvalue weighted by molar-refractivity contribution is 8.24. The van der Waals surface area contributed by atoms with Crippen LogP contribution in [0.5, 0.6) is 0 Å². The van der Waals surface area contributed by atoms with Gasteiger partial charge in [-0.05, 0) is 11.1 Å². The molecule has 0 spiro atoms. The first kappa shape index (κ1) is 20.9. The molecule has 0 saturated carbocycles. The predicted octanol–water partition coefficient (Wildman–Crippen LogP) is 4.03. The van der Waals surface area contributed by atoms with Crippen LogP contribution >= 0.6 is 23.5 Å². The maximum Gasteiger partial charge on any atom is 0.345 e. The fraction of sp³-hybridized carbons (Fsp3) is 0.200. The maximum atomic E-state index is 12.3. The van der Waals surface area contributed by atoms with Gasteiger partial charge in [0.05, 0.1) is 23.2 Å². The Bertz CT molecular complexity index is 944. The largest absolute Gasteiger partial charge is 0.465 e. The van der Waals surface area contributed by atoms with Crippen LogP contribution in [0.25, 0.3) is 0 Å². The summed E-state index contributed by atoms with van der Waals surface area (Å²) in [5.74, 6) is -1.21. The third kappa shape index (κ3) is 4.30. The summed E-state index contributed by atoms with van der Waals surface area (Å²) < 4.78 is 9.00. The second-order valence-corrected chi connectivity index (χ2v) is 8.94. The van der Waals surface area contributed by atoms with Crippen molar-refractivity contribution in [2.75, 3.05) is 14.2 Å². The van der Waals surface area contributed by atoms with E-state index >= 15 is 0 Å². The lowest BCUT2D eigenvalue weighted by molar-refractivity contribution is -0.384. The topological polar surface area (TPSA) is 95.7 Å². The molecule has 9 heteroatoms. The minimum atomic E-state index is -0.732. The van der Waals surface area contributed by atoms with Gasteiger partial charge in [0, 0.05) is 18.6 Å². The van der Waals surface area contributed by atoms with Crippen LogP contribution in [0.3, 0.4) is 0 Å². The van der Waals surface area contributed by atoms with E-state index in [9.17, 15) is 19.7 Å². The molecule has 0 bridgehead atoms. The fourth-order valence-electron chi connectivity index (χ4n) is 2.89. The molecule has 0 aliphatic carbocycles. The second-order valence-electron chi connectivity index (χ2n) is 6.06. The number of rotatable bonds is 6. The average Bonchev–Trinajstić information content (AvgIpc) is 3.14. The van der Waals surface area contributed by atoms with Gasteiger partial charge in [0.1, 0.15) is 9.81 Å². The summed E-state index contributed by atoms with van der Waals surface area (Å²) in [6, 6.07) is 15.7. The first-order valence-electron chi connectivity index (χ1n) is 8.48. The van der Waals surface area contributed by atoms with Gasteiger partial charge < -0.3 is 9.47 Å². The molecule has 7 nitrogen and oxygen atoms in total. The minimum Gasteiger partial charge on any atom is -0.465 e. The number of nitro benzene ring substituents is 1. The van der Waals surface area contributed by atoms with Crippen LogP contribution in [0.1, 0.15) is 11.1 Å². The zero-order valence-electron chi connectivity index (χ0n) is 15.6. The van der Waals surface area contributed by atoms with Crippen molar-refractivity contribution in [3.63, 3.8) is 0 Å². The highest BCUT2D eigenvalue weighted by atomic mass is 32.2. The number of hydrogen-bond donors (Lipinski definition) is 0. The molecule has 0 atom stereocenters. The zero-order chi connectivity index (χ0) is 21.0. The van der Waals surface area contributed by atoms with Gasteiger partial charge in [-0.1, -0.05) is 66.0 Å². The molecule has 0 unspecified atom stereocenters. The van der Waals surface area contributed by atoms with Gasteiger partial charge in [-0.2, -0.15) is 0 Å². The van der Waals surface area contributed by atoms with Crippen molar-refractivity contribution >= 4 is 41.1 Å². The normalized spacial score (nSPS) is 15.1. The summed E-state index contributed by atoms with van der Waals surface area (Å²) in [6.07, 6.45) is 0.422. The van der Waals surface area contributed by atoms with Crippen molar-refractivity contribution in [1.29, 1.82) is 0 Å². The Hall–Kier alpha value is -2.78. The van der Waals surface area contributed by atoms with Crippen molar-refractivity contribution in [2.45, 2.75) is 10.5 Å². The van der Waals surface area contributed by atoms with Crippen LogP contribution in [0.2, 0.25) is 0 Å². The lowest BCUT2D eigenvalue weighted by Gasteiger charge is -2.28. The van der Waals surface area contributed by atoms with Gasteiger partial charge in [0.2, 0.25) is 0 Å². The van der Waals surface area contributed by atoms with E-state index in [0.717, 1.165) is 11.1 Å². The summed E-state index contributed by atoms with van der Waals surface area (Å²) >= 11 is 2.47. The number of esters is 2. The third-order valence-electron chi connectivity index (χ3n) is 4.28. The first-order valence-corrected chi connectivity index (χ1v) is 10.1. The van der Waals surface area contributed by atoms with Gasteiger partial charge >= 0.3 is 11.9 Å². The van der Waals surface area contributed by atoms with E-state index in [1.807, 2.05) is 30.3 Å². The van der Waals surface area contributed by atoms with E-state index < -0.39 is 20.9 Å². The smallest absolute Gasteiger partial charge is 0.345 e. The van der Waals surface area contributed by atoms with Gasteiger partial charge in [-0.15, -0.1) is 0 Å². The second kappa shape index (κ2) is 8.71. The summed E-state index contributed by atoms with van der Waals surface area (Å²) in [7, 11) is 2.52. The summed E-state index contributed by atoms with van der Waals surface area (Å²) in [5.41, 5.74) is 1.72. The van der Waals surface area contributed by atoms with Crippen LogP contribution in [0.4, 0.5) is 5.69 Å². The summed E-state index contributed by atoms with van der Waals surface area (Å²) in [5, 5.41) is 10.9. The molecule has 0 N–H and O–H groups in total. The number of ether oxygens (including phenoxy) is 2. The van der Waals surface area contributed by atoms with Crippen molar-refractivity contribution in [3.05, 3.63) is 85.6 Å². The molecule has 3 rings (SSSR count). The Labute approximate surface area is 175 Å². The van der Waals surface area contributed by atoms with E-state index in [1.54, 1.807) is 12.1 Å². The van der Waals surface area contributed by atoms with E-state index in [1.165, 1.54) is 49.9 Å². The highest BCUT2D eigenvalue weighted by Crippen LogP contribution is 2.61. The molecule has 1 aliphatic heterocycles. The van der Waals surface area contributed by atoms with E-state index in [2.05, 4.69) is 0 Å². The summed E-state index contributed by atoms with van der Waals surface area (Å²) in [4.78, 5) is 35.5. The van der Waals surface area contributed by atoms with Gasteiger partial charge in [0.15, 0.2) is 0 Å². The molecule has 29 heavy (non-hydrogen) atoms. The lowest BCUT2D eigenvalue weighted by atomic mass is 10.0. The van der Waals surface area contributed by atoms with E-state index in [-0.39, 0.29) is 15.5 Å². The highest BCUT2D eigenvalue weighted by Gasteiger charge is 2.47. The van der Waals surface area contributed by atoms with Gasteiger partial charge in [-0.3, -0.25) is 10.1 Å². The Morgan fingerprint density at radius 1 is 0.931 bits per heavy atom. The Morgan fingerprint density at radius 3 is 1.90 bits per heavy atom. The van der Waals surface area contributed by atoms with Crippen molar-refractivity contribution in [3.8, 4) is 0 Å². The minimum absolute atomic E-state index is 0.00198. The monoisotopic (exact) mass is 431 g/mol. The number of nitrogens with zero attached hydrogens (tertiary/aromatic N) is 1. The quantitative estimate of drug-likeness (QED) is 0.384. The molecule has 150 valence electrons. The average molecular weight is 431 g/mol. The molecule has 0 amide bonds. The number of carbonyl (C=O) groups excluding carboxylic acids is 2. The SMILES string of the molecule is COC(=O)C1=C(C(=O)OC)SC(Cc2ccc([N+](=O)[O-])cc2)(c2ccccc2)S1. The number of non-ortho nitro benzene ring substituents is 1. The van der Waals surface area contributed by atoms with Crippen molar-refractivity contribution in [2.24, 2.45) is 0 Å². The molecular weight excluding hydrogens is 414 g/mol. The number of benzene rings is 2. The zero-order valence-corrected chi connectivity index (χ0v) is 17.2. The Kier molecular flexibility index (Phi) is 6.29. The predicted molar refractivity (Wildman–Crippen MR) is 111 cm³/mol. The summed E-state index contributed by atoms with van der Waals surface area (Å²) in [6.45, 7) is 0. The van der Waals surface area contributed by atoms with Gasteiger partial charge in [-0.25, -0.2) is 9.59 Å². The molecule has 2 aromatic rings. The van der Waals surface area contributed by atoms with E-state index in [0.29, 0.717) is 6.42 Å². The van der Waals surface area contributed by atoms with Gasteiger partial charge in [0.25, 0.3) is 5.69 Å². The van der Waals surface area contributed by atoms with Crippen LogP contribution in [-0.2, 0) is 29.6 Å². The third-order valence-corrected chi connectivity index (χ3v) is 7.48. The lowest BCUT2D eigenvalue weighted by Crippen LogP contribution is -2.19. The fourth-order valence-corrected chi connectivity index (χ4v) is 6.13. The van der Waals surface area contributed by atoms with E-state index in [4.69, 9.17) is 9.47 Å². The molecule has 0 fully saturated rings. The molecule has 2 aromatic carbocycles. The number of methoxy groups -OCH3 is 2. The molecule has 1 heterocycles. The van der Waals surface area contributed by atoms with Crippen molar-refractivity contribution in [1.82, 2.24) is 0 Å². The van der Waals surface area contributed by atoms with Crippen LogP contribution < -0.4 is 0 Å². The molecule has 0 aromatic heterocycles. The standard InChI is InChI=1S/C20H17NO6S2/c1-26-18(22)16-17(19(23)27-2)29-20(28-16,14-6-4-3-5-7-14)12-13-8-10-15(11-9-13)21(24)25/h3-11H,12H2,1-2H3. The number of hydrogen-bond acceptors (Lipinski definition) is 8.